The fourth-order valence-corrected chi connectivity index (χ4v) is 5.15. The second kappa shape index (κ2) is 12.3. The second-order valence-electron chi connectivity index (χ2n) is 8.75. The van der Waals surface area contributed by atoms with Crippen LogP contribution < -0.4 is 21.6 Å². The van der Waals surface area contributed by atoms with Crippen molar-refractivity contribution in [3.05, 3.63) is 126 Å². The average molecular weight is 658 g/mol. The number of benzene rings is 4. The van der Waals surface area contributed by atoms with Gasteiger partial charge in [-0.1, -0.05) is 87.1 Å². The third kappa shape index (κ3) is 6.26. The summed E-state index contributed by atoms with van der Waals surface area (Å²) < 4.78 is 2.04. The van der Waals surface area contributed by atoms with Gasteiger partial charge in [0, 0.05) is 16.6 Å². The molecule has 1 aromatic heterocycles. The number of hydrogen-bond donors (Lipinski definition) is 3. The Morgan fingerprint density at radius 3 is 2.27 bits per heavy atom. The molecule has 5 aromatic rings. The maximum absolute atomic E-state index is 13.6. The minimum absolute atomic E-state index is 0.200. The summed E-state index contributed by atoms with van der Waals surface area (Å²) in [5, 5.41) is 7.81. The van der Waals surface area contributed by atoms with Crippen LogP contribution in [-0.2, 0) is 11.2 Å². The summed E-state index contributed by atoms with van der Waals surface area (Å²) >= 11 is 22.4. The normalized spacial score (nSPS) is 10.9. The molecule has 4 aromatic carbocycles. The summed E-state index contributed by atoms with van der Waals surface area (Å²) in [5.41, 5.74) is 5.75. The van der Waals surface area contributed by atoms with Gasteiger partial charge in [0.25, 0.3) is 5.56 Å². The van der Waals surface area contributed by atoms with Gasteiger partial charge in [0.15, 0.2) is 0 Å². The number of nitrogens with zero attached hydrogens (tertiary/aromatic N) is 2. The Morgan fingerprint density at radius 2 is 1.52 bits per heavy atom. The predicted octanol–water partition coefficient (Wildman–Crippen LogP) is 7.64. The molecule has 0 aliphatic rings. The summed E-state index contributed by atoms with van der Waals surface area (Å²) in [5.74, 6) is 0.0283. The summed E-state index contributed by atoms with van der Waals surface area (Å²) in [6, 6.07) is 25.0. The minimum Gasteiger partial charge on any atom is -0.353 e. The van der Waals surface area contributed by atoms with Crippen LogP contribution in [0.3, 0.4) is 0 Å². The van der Waals surface area contributed by atoms with Gasteiger partial charge in [0.1, 0.15) is 12.4 Å². The van der Waals surface area contributed by atoms with Crippen molar-refractivity contribution >= 4 is 84.6 Å². The summed E-state index contributed by atoms with van der Waals surface area (Å²) in [7, 11) is 0. The number of carbonyl (C=O) groups excluding carboxylic acids is 1. The molecule has 0 unspecified atom stereocenters. The molecule has 0 saturated carbocycles. The highest BCUT2D eigenvalue weighted by molar-refractivity contribution is 9.10. The van der Waals surface area contributed by atoms with E-state index in [1.807, 2.05) is 30.3 Å². The molecule has 1 heterocycles. The van der Waals surface area contributed by atoms with E-state index >= 15 is 0 Å². The Hall–Kier alpha value is -3.56. The third-order valence-electron chi connectivity index (χ3n) is 6.03. The number of amides is 1. The van der Waals surface area contributed by atoms with Crippen LogP contribution >= 0.6 is 50.7 Å². The Balaban J connectivity index is 1.49. The zero-order valence-electron chi connectivity index (χ0n) is 20.7. The number of carbonyl (C=O) groups is 1. The smallest absolute Gasteiger partial charge is 0.280 e. The molecule has 0 radical (unpaired) electrons. The second-order valence-corrected chi connectivity index (χ2v) is 10.9. The highest BCUT2D eigenvalue weighted by Crippen LogP contribution is 2.34. The Kier molecular flexibility index (Phi) is 8.61. The molecule has 0 aliphatic carbocycles. The molecule has 5 rings (SSSR count). The minimum atomic E-state index is -0.379. The zero-order valence-corrected chi connectivity index (χ0v) is 24.6. The van der Waals surface area contributed by atoms with Gasteiger partial charge < -0.3 is 16.1 Å². The molecule has 202 valence electrons. The predicted molar refractivity (Wildman–Crippen MR) is 167 cm³/mol. The summed E-state index contributed by atoms with van der Waals surface area (Å²) in [6.07, 6.45) is 0.256. The molecule has 0 atom stereocenters. The highest BCUT2D eigenvalue weighted by Gasteiger charge is 2.16. The highest BCUT2D eigenvalue weighted by atomic mass is 79.9. The fourth-order valence-electron chi connectivity index (χ4n) is 4.11. The SMILES string of the molecule is O=C(CNn1c(Cc2ccccc2Nc2c(Cl)cccc2Cl)nc2ccc(Br)cc2c1=O)Nc1ccccc1Cl. The van der Waals surface area contributed by atoms with Gasteiger partial charge in [0.2, 0.25) is 5.91 Å². The molecular weight excluding hydrogens is 637 g/mol. The van der Waals surface area contributed by atoms with Crippen LogP contribution in [0.4, 0.5) is 17.1 Å². The zero-order chi connectivity index (χ0) is 28.2. The fraction of sp³-hybridized carbons (Fsp3) is 0.0690. The van der Waals surface area contributed by atoms with Gasteiger partial charge in [0.05, 0.1) is 37.3 Å². The first-order chi connectivity index (χ1) is 19.3. The molecule has 0 saturated heterocycles. The van der Waals surface area contributed by atoms with Crippen LogP contribution in [0.25, 0.3) is 10.9 Å². The maximum atomic E-state index is 13.6. The van der Waals surface area contributed by atoms with Gasteiger partial charge in [-0.2, -0.15) is 0 Å². The van der Waals surface area contributed by atoms with E-state index in [2.05, 4.69) is 32.0 Å². The number of aromatic nitrogens is 2. The van der Waals surface area contributed by atoms with Crippen LogP contribution in [0.15, 0.2) is 94.2 Å². The van der Waals surface area contributed by atoms with Crippen molar-refractivity contribution in [2.45, 2.75) is 6.42 Å². The van der Waals surface area contributed by atoms with Crippen molar-refractivity contribution < 1.29 is 4.79 Å². The molecular formula is C29H21BrCl3N5O2. The lowest BCUT2D eigenvalue weighted by molar-refractivity contribution is -0.114. The van der Waals surface area contributed by atoms with Crippen LogP contribution in [-0.4, -0.2) is 22.1 Å². The van der Waals surface area contributed by atoms with Crippen LogP contribution in [0.2, 0.25) is 15.1 Å². The van der Waals surface area contributed by atoms with E-state index in [1.165, 1.54) is 4.68 Å². The van der Waals surface area contributed by atoms with Gasteiger partial charge in [-0.15, -0.1) is 0 Å². The lowest BCUT2D eigenvalue weighted by Gasteiger charge is -2.18. The molecule has 0 bridgehead atoms. The number of fused-ring (bicyclic) bond motifs is 1. The Bertz CT molecular complexity index is 1770. The van der Waals surface area contributed by atoms with E-state index in [0.717, 1.165) is 15.7 Å². The molecule has 0 spiro atoms. The van der Waals surface area contributed by atoms with Gasteiger partial charge in [-0.3, -0.25) is 9.59 Å². The van der Waals surface area contributed by atoms with E-state index in [-0.39, 0.29) is 24.4 Å². The lowest BCUT2D eigenvalue weighted by Crippen LogP contribution is -2.37. The number of anilines is 3. The molecule has 1 amide bonds. The Labute approximate surface area is 253 Å². The van der Waals surface area contributed by atoms with Crippen molar-refractivity contribution in [3.8, 4) is 0 Å². The third-order valence-corrected chi connectivity index (χ3v) is 7.49. The van der Waals surface area contributed by atoms with Gasteiger partial charge in [-0.05, 0) is 54.1 Å². The van der Waals surface area contributed by atoms with Crippen LogP contribution in [0.5, 0.6) is 0 Å². The average Bonchev–Trinajstić information content (AvgIpc) is 2.93. The molecule has 40 heavy (non-hydrogen) atoms. The lowest BCUT2D eigenvalue weighted by atomic mass is 10.1. The van der Waals surface area contributed by atoms with Crippen LogP contribution in [0.1, 0.15) is 11.4 Å². The number of halogens is 4. The first-order valence-corrected chi connectivity index (χ1v) is 14.0. The van der Waals surface area contributed by atoms with E-state index < -0.39 is 0 Å². The molecule has 11 heteroatoms. The molecule has 0 aliphatic heterocycles. The monoisotopic (exact) mass is 655 g/mol. The quantitative estimate of drug-likeness (QED) is 0.160. The number of nitrogens with one attached hydrogen (secondary N) is 3. The van der Waals surface area contributed by atoms with E-state index in [0.29, 0.717) is 43.2 Å². The van der Waals surface area contributed by atoms with Crippen molar-refractivity contribution in [2.75, 3.05) is 22.6 Å². The van der Waals surface area contributed by atoms with Crippen molar-refractivity contribution in [2.24, 2.45) is 0 Å². The van der Waals surface area contributed by atoms with E-state index in [9.17, 15) is 9.59 Å². The topological polar surface area (TPSA) is 88.1 Å². The first kappa shape index (κ1) is 28.0. The maximum Gasteiger partial charge on any atom is 0.280 e. The molecule has 7 nitrogen and oxygen atoms in total. The standard InChI is InChI=1S/C29H21BrCl3N5O2/c30-18-12-13-24-19(15-18)29(40)38(34-16-27(39)36-25-11-4-2-7-20(25)31)26(35-24)14-17-6-1-3-10-23(17)37-28-21(32)8-5-9-22(28)33/h1-13,15,34,37H,14,16H2,(H,36,39). The molecule has 0 fully saturated rings. The first-order valence-electron chi connectivity index (χ1n) is 12.1. The number of rotatable bonds is 8. The summed E-state index contributed by atoms with van der Waals surface area (Å²) in [6.45, 7) is -0.200. The number of para-hydroxylation sites is 3. The largest absolute Gasteiger partial charge is 0.353 e. The number of hydrogen-bond acceptors (Lipinski definition) is 5. The van der Waals surface area contributed by atoms with Gasteiger partial charge in [-0.25, -0.2) is 9.66 Å². The van der Waals surface area contributed by atoms with E-state index in [4.69, 9.17) is 39.8 Å². The molecule has 3 N–H and O–H groups in total. The van der Waals surface area contributed by atoms with Crippen molar-refractivity contribution in [1.29, 1.82) is 0 Å². The van der Waals surface area contributed by atoms with Crippen LogP contribution in [0, 0.1) is 0 Å². The Morgan fingerprint density at radius 1 is 0.850 bits per heavy atom. The van der Waals surface area contributed by atoms with Gasteiger partial charge >= 0.3 is 0 Å². The van der Waals surface area contributed by atoms with Crippen molar-refractivity contribution in [3.63, 3.8) is 0 Å². The van der Waals surface area contributed by atoms with E-state index in [1.54, 1.807) is 54.6 Å². The van der Waals surface area contributed by atoms with Crippen molar-refractivity contribution in [1.82, 2.24) is 9.66 Å². The summed E-state index contributed by atoms with van der Waals surface area (Å²) in [4.78, 5) is 31.1.